The summed E-state index contributed by atoms with van der Waals surface area (Å²) in [5.41, 5.74) is 3.78. The molecule has 1 aliphatic heterocycles. The van der Waals surface area contributed by atoms with E-state index < -0.39 is 0 Å². The lowest BCUT2D eigenvalue weighted by atomic mass is 9.89. The molecule has 5 N–H and O–H groups in total. The normalized spacial score (nSPS) is 31.3. The summed E-state index contributed by atoms with van der Waals surface area (Å²) < 4.78 is 5.36. The van der Waals surface area contributed by atoms with Crippen LogP contribution in [-0.4, -0.2) is 53.6 Å². The molecule has 0 bridgehead atoms. The number of rotatable bonds is 6. The van der Waals surface area contributed by atoms with Crippen LogP contribution in [0.2, 0.25) is 0 Å². The number of aliphatic hydroxyl groups is 1. The predicted octanol–water partition coefficient (Wildman–Crippen LogP) is 1.64. The van der Waals surface area contributed by atoms with Crippen LogP contribution in [0.3, 0.4) is 0 Å². The third-order valence-corrected chi connectivity index (χ3v) is 6.79. The monoisotopic (exact) mass is 429 g/mol. The second-order valence-electron chi connectivity index (χ2n) is 9.05. The maximum absolute atomic E-state index is 13.0. The van der Waals surface area contributed by atoms with Gasteiger partial charge in [0.15, 0.2) is 0 Å². The van der Waals surface area contributed by atoms with Crippen LogP contribution in [0.25, 0.3) is 5.57 Å². The summed E-state index contributed by atoms with van der Waals surface area (Å²) in [4.78, 5) is 13.0. The molecule has 2 heterocycles. The number of carbonyl (C=O) groups is 1. The maximum Gasteiger partial charge on any atom is 0.241 e. The lowest BCUT2D eigenvalue weighted by molar-refractivity contribution is -0.122. The standard InChI is InChI=1S/C23H35N5O3/c1-13-22(14(2)31-28-13)15-4-9-18(25-16-5-7-17(29)8-6-16)20(12-15)27-23(30)19-10-11-21(24-3)26-19/h4,12,16-19,21,24-26,29H,5-11H2,1-3H3,(H,27,30)/t16?,17?,18?,19-,21?/m0/s1. The number of amides is 1. The summed E-state index contributed by atoms with van der Waals surface area (Å²) in [6, 6.07) is 0.188. The van der Waals surface area contributed by atoms with Gasteiger partial charge in [-0.15, -0.1) is 0 Å². The Kier molecular flexibility index (Phi) is 6.91. The van der Waals surface area contributed by atoms with Crippen LogP contribution in [0, 0.1) is 13.8 Å². The lowest BCUT2D eigenvalue weighted by Crippen LogP contribution is -2.50. The zero-order valence-electron chi connectivity index (χ0n) is 18.7. The smallest absolute Gasteiger partial charge is 0.241 e. The van der Waals surface area contributed by atoms with Crippen molar-refractivity contribution in [1.82, 2.24) is 26.4 Å². The second-order valence-corrected chi connectivity index (χ2v) is 9.05. The molecule has 0 radical (unpaired) electrons. The number of aromatic nitrogens is 1. The predicted molar refractivity (Wildman–Crippen MR) is 119 cm³/mol. The Labute approximate surface area is 183 Å². The van der Waals surface area contributed by atoms with Gasteiger partial charge in [-0.25, -0.2) is 0 Å². The molecule has 2 fully saturated rings. The molecule has 2 aliphatic carbocycles. The number of carbonyl (C=O) groups excluding carboxylic acids is 1. The SMILES string of the molecule is CNC1CC[C@@H](C(=O)NC2=CC(c3c(C)noc3C)=CCC2NC2CCC(O)CC2)N1. The van der Waals surface area contributed by atoms with Crippen LogP contribution >= 0.6 is 0 Å². The molecule has 8 heteroatoms. The van der Waals surface area contributed by atoms with Crippen molar-refractivity contribution in [3.63, 3.8) is 0 Å². The van der Waals surface area contributed by atoms with Crippen molar-refractivity contribution in [3.8, 4) is 0 Å². The molecule has 4 rings (SSSR count). The number of aliphatic hydroxyl groups excluding tert-OH is 1. The number of hydrogen-bond acceptors (Lipinski definition) is 7. The Morgan fingerprint density at radius 1 is 1.19 bits per heavy atom. The molecule has 0 aromatic carbocycles. The highest BCUT2D eigenvalue weighted by Gasteiger charge is 2.31. The molecular formula is C23H35N5O3. The minimum absolute atomic E-state index is 0.00915. The number of hydrogen-bond donors (Lipinski definition) is 5. The molecule has 1 saturated carbocycles. The lowest BCUT2D eigenvalue weighted by Gasteiger charge is -2.33. The quantitative estimate of drug-likeness (QED) is 0.467. The van der Waals surface area contributed by atoms with Crippen LogP contribution in [-0.2, 0) is 4.79 Å². The summed E-state index contributed by atoms with van der Waals surface area (Å²) in [5.74, 6) is 0.794. The second kappa shape index (κ2) is 9.65. The van der Waals surface area contributed by atoms with E-state index in [9.17, 15) is 9.90 Å². The van der Waals surface area contributed by atoms with Gasteiger partial charge in [0.05, 0.1) is 30.0 Å². The summed E-state index contributed by atoms with van der Waals surface area (Å²) in [5, 5.41) is 27.4. The average Bonchev–Trinajstić information content (AvgIpc) is 3.37. The van der Waals surface area contributed by atoms with E-state index in [1.54, 1.807) is 0 Å². The van der Waals surface area contributed by atoms with Gasteiger partial charge >= 0.3 is 0 Å². The number of nitrogens with one attached hydrogen (secondary N) is 4. The van der Waals surface area contributed by atoms with Crippen molar-refractivity contribution in [2.24, 2.45) is 0 Å². The van der Waals surface area contributed by atoms with Gasteiger partial charge in [0.2, 0.25) is 5.91 Å². The molecule has 3 atom stereocenters. The molecule has 1 saturated heterocycles. The molecule has 1 aromatic heterocycles. The highest BCUT2D eigenvalue weighted by atomic mass is 16.5. The van der Waals surface area contributed by atoms with Gasteiger partial charge in [0, 0.05) is 17.3 Å². The number of allylic oxidation sites excluding steroid dienone is 2. The summed E-state index contributed by atoms with van der Waals surface area (Å²) in [6.07, 6.45) is 10.3. The molecule has 31 heavy (non-hydrogen) atoms. The first-order chi connectivity index (χ1) is 14.9. The van der Waals surface area contributed by atoms with Crippen LogP contribution in [0.5, 0.6) is 0 Å². The highest BCUT2D eigenvalue weighted by molar-refractivity contribution is 5.86. The fraction of sp³-hybridized carbons (Fsp3) is 0.652. The first-order valence-corrected chi connectivity index (χ1v) is 11.5. The van der Waals surface area contributed by atoms with Crippen LogP contribution in [0.15, 0.2) is 22.4 Å². The molecular weight excluding hydrogens is 394 g/mol. The van der Waals surface area contributed by atoms with Crippen molar-refractivity contribution in [2.75, 3.05) is 7.05 Å². The molecule has 1 aromatic rings. The van der Waals surface area contributed by atoms with E-state index in [2.05, 4.69) is 38.6 Å². The van der Waals surface area contributed by atoms with Crippen molar-refractivity contribution in [3.05, 3.63) is 34.9 Å². The average molecular weight is 430 g/mol. The fourth-order valence-corrected chi connectivity index (χ4v) is 4.98. The van der Waals surface area contributed by atoms with E-state index in [0.29, 0.717) is 6.04 Å². The zero-order chi connectivity index (χ0) is 22.0. The molecule has 8 nitrogen and oxygen atoms in total. The van der Waals surface area contributed by atoms with Gasteiger partial charge < -0.3 is 25.6 Å². The summed E-state index contributed by atoms with van der Waals surface area (Å²) in [6.45, 7) is 3.86. The van der Waals surface area contributed by atoms with E-state index >= 15 is 0 Å². The van der Waals surface area contributed by atoms with Crippen molar-refractivity contribution in [2.45, 2.75) is 89.2 Å². The molecule has 1 amide bonds. The third kappa shape index (κ3) is 5.09. The molecule has 2 unspecified atom stereocenters. The zero-order valence-corrected chi connectivity index (χ0v) is 18.7. The van der Waals surface area contributed by atoms with Crippen LogP contribution in [0.1, 0.15) is 62.0 Å². The van der Waals surface area contributed by atoms with Crippen LogP contribution in [0.4, 0.5) is 0 Å². The van der Waals surface area contributed by atoms with Crippen molar-refractivity contribution < 1.29 is 14.4 Å². The summed E-state index contributed by atoms with van der Waals surface area (Å²) in [7, 11) is 1.91. The van der Waals surface area contributed by atoms with Gasteiger partial charge in [0.25, 0.3) is 0 Å². The largest absolute Gasteiger partial charge is 0.393 e. The minimum atomic E-state index is -0.197. The van der Waals surface area contributed by atoms with E-state index in [4.69, 9.17) is 4.52 Å². The number of aryl methyl sites for hydroxylation is 2. The third-order valence-electron chi connectivity index (χ3n) is 6.79. The topological polar surface area (TPSA) is 111 Å². The van der Waals surface area contributed by atoms with Gasteiger partial charge in [0.1, 0.15) is 5.76 Å². The Morgan fingerprint density at radius 3 is 2.61 bits per heavy atom. The maximum atomic E-state index is 13.0. The van der Waals surface area contributed by atoms with E-state index in [0.717, 1.165) is 73.2 Å². The molecule has 170 valence electrons. The van der Waals surface area contributed by atoms with Crippen molar-refractivity contribution >= 4 is 11.5 Å². The van der Waals surface area contributed by atoms with Gasteiger partial charge in [-0.05, 0) is 77.5 Å². The van der Waals surface area contributed by atoms with E-state index in [-0.39, 0.29) is 30.3 Å². The molecule has 0 spiro atoms. The minimum Gasteiger partial charge on any atom is -0.393 e. The Morgan fingerprint density at radius 2 is 1.97 bits per heavy atom. The van der Waals surface area contributed by atoms with Crippen molar-refractivity contribution in [1.29, 1.82) is 0 Å². The highest BCUT2D eigenvalue weighted by Crippen LogP contribution is 2.30. The summed E-state index contributed by atoms with van der Waals surface area (Å²) >= 11 is 0. The van der Waals surface area contributed by atoms with Gasteiger partial charge in [-0.1, -0.05) is 11.2 Å². The van der Waals surface area contributed by atoms with E-state index in [1.807, 2.05) is 20.9 Å². The fourth-order valence-electron chi connectivity index (χ4n) is 4.98. The number of nitrogens with zero attached hydrogens (tertiary/aromatic N) is 1. The van der Waals surface area contributed by atoms with Gasteiger partial charge in [-0.3, -0.25) is 10.1 Å². The Balaban J connectivity index is 1.51. The van der Waals surface area contributed by atoms with Crippen LogP contribution < -0.4 is 21.3 Å². The Hall–Kier alpha value is -2.00. The molecule has 3 aliphatic rings. The van der Waals surface area contributed by atoms with E-state index in [1.165, 1.54) is 0 Å². The van der Waals surface area contributed by atoms with Gasteiger partial charge in [-0.2, -0.15) is 0 Å². The Bertz CT molecular complexity index is 834. The first-order valence-electron chi connectivity index (χ1n) is 11.5. The first kappa shape index (κ1) is 22.2.